The molecule has 0 bridgehead atoms. The molecule has 160 valence electrons. The summed E-state index contributed by atoms with van der Waals surface area (Å²) >= 11 is 1.74. The SMILES string of the molecule is CC(C)CCN(CCC(C)C)S(=O)(=O)NCCC(=O)N1CCc2sccc2C1. The molecule has 0 radical (unpaired) electrons. The van der Waals surface area contributed by atoms with Crippen molar-refractivity contribution < 1.29 is 13.2 Å². The molecular weight excluding hydrogens is 394 g/mol. The topological polar surface area (TPSA) is 69.7 Å². The number of amides is 1. The van der Waals surface area contributed by atoms with Gasteiger partial charge in [0.2, 0.25) is 5.91 Å². The van der Waals surface area contributed by atoms with Crippen molar-refractivity contribution in [2.24, 2.45) is 11.8 Å². The summed E-state index contributed by atoms with van der Waals surface area (Å²) in [6, 6.07) is 2.07. The molecule has 6 nitrogen and oxygen atoms in total. The fourth-order valence-electron chi connectivity index (χ4n) is 3.15. The number of nitrogens with zero attached hydrogens (tertiary/aromatic N) is 2. The average Bonchev–Trinajstić information content (AvgIpc) is 3.08. The number of carbonyl (C=O) groups is 1. The van der Waals surface area contributed by atoms with Crippen LogP contribution in [-0.4, -0.2) is 49.7 Å². The molecule has 0 atom stereocenters. The molecule has 28 heavy (non-hydrogen) atoms. The molecule has 0 saturated heterocycles. The van der Waals surface area contributed by atoms with Crippen LogP contribution >= 0.6 is 11.3 Å². The van der Waals surface area contributed by atoms with E-state index in [0.29, 0.717) is 38.0 Å². The smallest absolute Gasteiger partial charge is 0.279 e. The van der Waals surface area contributed by atoms with Crippen molar-refractivity contribution in [1.29, 1.82) is 0 Å². The van der Waals surface area contributed by atoms with Crippen LogP contribution in [0.2, 0.25) is 0 Å². The van der Waals surface area contributed by atoms with Gasteiger partial charge in [0.05, 0.1) is 0 Å². The predicted molar refractivity (Wildman–Crippen MR) is 115 cm³/mol. The van der Waals surface area contributed by atoms with Crippen molar-refractivity contribution in [3.05, 3.63) is 21.9 Å². The first-order valence-electron chi connectivity index (χ1n) is 10.3. The Morgan fingerprint density at radius 2 is 1.86 bits per heavy atom. The maximum absolute atomic E-state index is 12.7. The van der Waals surface area contributed by atoms with Crippen LogP contribution in [0, 0.1) is 11.8 Å². The van der Waals surface area contributed by atoms with E-state index in [-0.39, 0.29) is 18.9 Å². The number of carbonyl (C=O) groups excluding carboxylic acids is 1. The van der Waals surface area contributed by atoms with E-state index in [9.17, 15) is 13.2 Å². The quantitative estimate of drug-likeness (QED) is 0.587. The zero-order valence-corrected chi connectivity index (χ0v) is 19.2. The first-order chi connectivity index (χ1) is 13.2. The monoisotopic (exact) mass is 429 g/mol. The Labute approximate surface area is 174 Å². The largest absolute Gasteiger partial charge is 0.338 e. The lowest BCUT2D eigenvalue weighted by Gasteiger charge is -2.27. The molecule has 1 aromatic rings. The van der Waals surface area contributed by atoms with Gasteiger partial charge in [-0.15, -0.1) is 11.3 Å². The highest BCUT2D eigenvalue weighted by molar-refractivity contribution is 7.87. The number of rotatable bonds is 11. The Bertz CT molecular complexity index is 717. The molecule has 2 heterocycles. The third kappa shape index (κ3) is 7.13. The van der Waals surface area contributed by atoms with Crippen LogP contribution in [0.4, 0.5) is 0 Å². The van der Waals surface area contributed by atoms with Crippen LogP contribution in [0.3, 0.4) is 0 Å². The molecule has 0 saturated carbocycles. The molecule has 1 N–H and O–H groups in total. The number of fused-ring (bicyclic) bond motifs is 1. The van der Waals surface area contributed by atoms with Crippen molar-refractivity contribution in [3.63, 3.8) is 0 Å². The lowest BCUT2D eigenvalue weighted by atomic mass is 10.1. The van der Waals surface area contributed by atoms with Gasteiger partial charge in [-0.25, -0.2) is 4.72 Å². The summed E-state index contributed by atoms with van der Waals surface area (Å²) < 4.78 is 29.6. The maximum Gasteiger partial charge on any atom is 0.279 e. The number of thiophene rings is 1. The summed E-state index contributed by atoms with van der Waals surface area (Å²) in [5.74, 6) is 0.898. The number of nitrogens with one attached hydrogen (secondary N) is 1. The van der Waals surface area contributed by atoms with E-state index in [0.717, 1.165) is 19.3 Å². The molecule has 1 aliphatic heterocycles. The Morgan fingerprint density at radius 3 is 2.46 bits per heavy atom. The zero-order valence-electron chi connectivity index (χ0n) is 17.6. The second kappa shape index (κ2) is 10.7. The van der Waals surface area contributed by atoms with Crippen molar-refractivity contribution in [2.75, 3.05) is 26.2 Å². The lowest BCUT2D eigenvalue weighted by molar-refractivity contribution is -0.131. The van der Waals surface area contributed by atoms with Crippen LogP contribution in [0.15, 0.2) is 11.4 Å². The number of hydrogen-bond acceptors (Lipinski definition) is 4. The molecule has 0 fully saturated rings. The molecule has 0 unspecified atom stereocenters. The Kier molecular flexibility index (Phi) is 8.92. The third-order valence-electron chi connectivity index (χ3n) is 5.04. The highest BCUT2D eigenvalue weighted by atomic mass is 32.2. The molecule has 2 rings (SSSR count). The summed E-state index contributed by atoms with van der Waals surface area (Å²) in [6.45, 7) is 10.9. The van der Waals surface area contributed by atoms with E-state index < -0.39 is 10.2 Å². The normalized spacial score (nSPS) is 14.9. The molecule has 1 amide bonds. The van der Waals surface area contributed by atoms with Gasteiger partial charge in [0, 0.05) is 44.0 Å². The van der Waals surface area contributed by atoms with E-state index in [1.807, 2.05) is 4.90 Å². The molecule has 0 spiro atoms. The van der Waals surface area contributed by atoms with E-state index in [4.69, 9.17) is 0 Å². The molecular formula is C20H35N3O3S2. The summed E-state index contributed by atoms with van der Waals surface area (Å²) in [5, 5.41) is 2.07. The second-order valence-corrected chi connectivity index (χ2v) is 11.1. The van der Waals surface area contributed by atoms with E-state index >= 15 is 0 Å². The summed E-state index contributed by atoms with van der Waals surface area (Å²) in [7, 11) is -3.57. The highest BCUT2D eigenvalue weighted by Crippen LogP contribution is 2.24. The van der Waals surface area contributed by atoms with Gasteiger partial charge in [-0.1, -0.05) is 27.7 Å². The number of hydrogen-bond donors (Lipinski definition) is 1. The summed E-state index contributed by atoms with van der Waals surface area (Å²) in [6.07, 6.45) is 2.74. The van der Waals surface area contributed by atoms with Gasteiger partial charge >= 0.3 is 0 Å². The molecule has 1 aromatic heterocycles. The maximum atomic E-state index is 12.7. The molecule has 8 heteroatoms. The average molecular weight is 430 g/mol. The van der Waals surface area contributed by atoms with Crippen LogP contribution in [-0.2, 0) is 28.0 Å². The van der Waals surface area contributed by atoms with E-state index in [1.165, 1.54) is 14.7 Å². The fraction of sp³-hybridized carbons (Fsp3) is 0.750. The van der Waals surface area contributed by atoms with Crippen molar-refractivity contribution >= 4 is 27.5 Å². The minimum absolute atomic E-state index is 0.00969. The molecule has 0 aromatic carbocycles. The van der Waals surface area contributed by atoms with E-state index in [2.05, 4.69) is 43.9 Å². The fourth-order valence-corrected chi connectivity index (χ4v) is 5.28. The van der Waals surface area contributed by atoms with E-state index in [1.54, 1.807) is 11.3 Å². The third-order valence-corrected chi connectivity index (χ3v) is 7.67. The van der Waals surface area contributed by atoms with Crippen LogP contribution < -0.4 is 4.72 Å². The van der Waals surface area contributed by atoms with Gasteiger partial charge in [0.25, 0.3) is 10.2 Å². The van der Waals surface area contributed by atoms with Gasteiger partial charge in [-0.3, -0.25) is 4.79 Å². The Hall–Kier alpha value is -0.960. The predicted octanol–water partition coefficient (Wildman–Crippen LogP) is 3.25. The molecule has 1 aliphatic rings. The van der Waals surface area contributed by atoms with Crippen molar-refractivity contribution in [1.82, 2.24) is 13.9 Å². The van der Waals surface area contributed by atoms with Crippen molar-refractivity contribution in [2.45, 2.75) is 59.9 Å². The molecule has 0 aliphatic carbocycles. The second-order valence-electron chi connectivity index (χ2n) is 8.35. The summed E-state index contributed by atoms with van der Waals surface area (Å²) in [4.78, 5) is 15.7. The lowest BCUT2D eigenvalue weighted by Crippen LogP contribution is -2.44. The minimum atomic E-state index is -3.57. The van der Waals surface area contributed by atoms with Gasteiger partial charge in [0.15, 0.2) is 0 Å². The Morgan fingerprint density at radius 1 is 1.21 bits per heavy atom. The van der Waals surface area contributed by atoms with Crippen LogP contribution in [0.25, 0.3) is 0 Å². The first-order valence-corrected chi connectivity index (χ1v) is 12.6. The van der Waals surface area contributed by atoms with Gasteiger partial charge in [0.1, 0.15) is 0 Å². The standard InChI is InChI=1S/C20H35N3O3S2/c1-16(2)6-12-23(13-7-17(3)4)28(25,26)21-10-5-20(24)22-11-8-19-18(15-22)9-14-27-19/h9,14,16-17,21H,5-8,10-13,15H2,1-4H3. The first kappa shape index (κ1) is 23.3. The highest BCUT2D eigenvalue weighted by Gasteiger charge is 2.24. The zero-order chi connectivity index (χ0) is 20.7. The van der Waals surface area contributed by atoms with Gasteiger partial charge in [-0.05, 0) is 48.1 Å². The van der Waals surface area contributed by atoms with Crippen molar-refractivity contribution in [3.8, 4) is 0 Å². The Balaban J connectivity index is 1.84. The van der Waals surface area contributed by atoms with Gasteiger partial charge < -0.3 is 4.90 Å². The minimum Gasteiger partial charge on any atom is -0.338 e. The van der Waals surface area contributed by atoms with Gasteiger partial charge in [-0.2, -0.15) is 12.7 Å². The summed E-state index contributed by atoms with van der Waals surface area (Å²) in [5.41, 5.74) is 1.22. The van der Waals surface area contributed by atoms with Crippen LogP contribution in [0.1, 0.15) is 57.4 Å². The van der Waals surface area contributed by atoms with Crippen LogP contribution in [0.5, 0.6) is 0 Å².